The van der Waals surface area contributed by atoms with Crippen LogP contribution in [0.5, 0.6) is 0 Å². The fraction of sp³-hybridized carbons (Fsp3) is 0.600. The summed E-state index contributed by atoms with van der Waals surface area (Å²) in [6.45, 7) is 2.69. The van der Waals surface area contributed by atoms with Crippen molar-refractivity contribution in [2.75, 3.05) is 6.61 Å². The van der Waals surface area contributed by atoms with E-state index in [2.05, 4.69) is 0 Å². The molecule has 2 N–H and O–H groups in total. The molecule has 1 saturated carbocycles. The van der Waals surface area contributed by atoms with Crippen LogP contribution < -0.4 is 5.73 Å². The molecule has 0 saturated heterocycles. The van der Waals surface area contributed by atoms with Crippen molar-refractivity contribution < 1.29 is 4.74 Å². The van der Waals surface area contributed by atoms with Crippen LogP contribution in [0.4, 0.5) is 0 Å². The van der Waals surface area contributed by atoms with Gasteiger partial charge >= 0.3 is 0 Å². The lowest BCUT2D eigenvalue weighted by atomic mass is 9.77. The molecular formula is C15H21Cl2NO. The van der Waals surface area contributed by atoms with Crippen molar-refractivity contribution in [3.8, 4) is 0 Å². The third kappa shape index (κ3) is 3.25. The van der Waals surface area contributed by atoms with Gasteiger partial charge in [0.05, 0.1) is 11.6 Å². The standard InChI is InChI=1S/C15H21Cl2NO/c1-2-19-15(8-4-3-5-9-15)14(18)12-10-11(16)6-7-13(12)17/h6-7,10,14H,2-5,8-9,18H2,1H3. The van der Waals surface area contributed by atoms with Crippen molar-refractivity contribution in [3.63, 3.8) is 0 Å². The van der Waals surface area contributed by atoms with Crippen molar-refractivity contribution in [2.24, 2.45) is 5.73 Å². The van der Waals surface area contributed by atoms with Gasteiger partial charge in [-0.05, 0) is 43.5 Å². The highest BCUT2D eigenvalue weighted by Crippen LogP contribution is 2.42. The number of hydrogen-bond donors (Lipinski definition) is 1. The van der Waals surface area contributed by atoms with Gasteiger partial charge in [-0.2, -0.15) is 0 Å². The van der Waals surface area contributed by atoms with Gasteiger partial charge in [-0.1, -0.05) is 42.5 Å². The van der Waals surface area contributed by atoms with E-state index in [0.29, 0.717) is 16.7 Å². The van der Waals surface area contributed by atoms with Crippen LogP contribution in [0, 0.1) is 0 Å². The molecule has 0 heterocycles. The van der Waals surface area contributed by atoms with Crippen molar-refractivity contribution in [3.05, 3.63) is 33.8 Å². The Labute approximate surface area is 125 Å². The van der Waals surface area contributed by atoms with Crippen LogP contribution in [0.2, 0.25) is 10.0 Å². The molecule has 1 unspecified atom stereocenters. The molecule has 2 nitrogen and oxygen atoms in total. The lowest BCUT2D eigenvalue weighted by Crippen LogP contribution is -2.45. The Morgan fingerprint density at radius 1 is 1.26 bits per heavy atom. The van der Waals surface area contributed by atoms with Gasteiger partial charge in [0, 0.05) is 16.7 Å². The van der Waals surface area contributed by atoms with Crippen LogP contribution >= 0.6 is 23.2 Å². The van der Waals surface area contributed by atoms with Crippen molar-refractivity contribution >= 4 is 23.2 Å². The molecule has 0 amide bonds. The van der Waals surface area contributed by atoms with Crippen molar-refractivity contribution in [1.82, 2.24) is 0 Å². The van der Waals surface area contributed by atoms with Gasteiger partial charge in [0.15, 0.2) is 0 Å². The molecule has 1 aromatic rings. The van der Waals surface area contributed by atoms with E-state index >= 15 is 0 Å². The Bertz CT molecular complexity index is 425. The number of halogens is 2. The van der Waals surface area contributed by atoms with Crippen LogP contribution in [-0.2, 0) is 4.74 Å². The molecule has 1 atom stereocenters. The zero-order chi connectivity index (χ0) is 13.9. The molecule has 0 bridgehead atoms. The Kier molecular flexibility index (Phi) is 5.13. The molecule has 0 radical (unpaired) electrons. The normalized spacial score (nSPS) is 20.2. The first kappa shape index (κ1) is 15.1. The van der Waals surface area contributed by atoms with E-state index in [9.17, 15) is 0 Å². The van der Waals surface area contributed by atoms with Gasteiger partial charge in [-0.25, -0.2) is 0 Å². The number of rotatable bonds is 4. The Morgan fingerprint density at radius 2 is 1.95 bits per heavy atom. The van der Waals surface area contributed by atoms with Crippen LogP contribution in [0.3, 0.4) is 0 Å². The number of hydrogen-bond acceptors (Lipinski definition) is 2. The highest BCUT2D eigenvalue weighted by Gasteiger charge is 2.40. The Morgan fingerprint density at radius 3 is 2.58 bits per heavy atom. The quantitative estimate of drug-likeness (QED) is 0.872. The average molecular weight is 302 g/mol. The maximum absolute atomic E-state index is 6.49. The van der Waals surface area contributed by atoms with Gasteiger partial charge in [-0.15, -0.1) is 0 Å². The third-order valence-electron chi connectivity index (χ3n) is 3.99. The second-order valence-electron chi connectivity index (χ2n) is 5.20. The zero-order valence-corrected chi connectivity index (χ0v) is 12.8. The second-order valence-corrected chi connectivity index (χ2v) is 6.05. The van der Waals surface area contributed by atoms with Crippen LogP contribution in [0.15, 0.2) is 18.2 Å². The maximum Gasteiger partial charge on any atom is 0.0874 e. The first-order valence-corrected chi connectivity index (χ1v) is 7.69. The van der Waals surface area contributed by atoms with E-state index in [0.717, 1.165) is 31.2 Å². The molecule has 1 aliphatic carbocycles. The van der Waals surface area contributed by atoms with E-state index in [4.69, 9.17) is 33.7 Å². The summed E-state index contributed by atoms with van der Waals surface area (Å²) in [5, 5.41) is 1.33. The predicted molar refractivity (Wildman–Crippen MR) is 80.8 cm³/mol. The maximum atomic E-state index is 6.49. The minimum Gasteiger partial charge on any atom is -0.373 e. The predicted octanol–water partition coefficient (Wildman–Crippen LogP) is 4.73. The van der Waals surface area contributed by atoms with Crippen LogP contribution in [0.1, 0.15) is 50.6 Å². The smallest absolute Gasteiger partial charge is 0.0874 e. The fourth-order valence-corrected chi connectivity index (χ4v) is 3.43. The summed E-state index contributed by atoms with van der Waals surface area (Å²) in [6, 6.07) is 5.23. The number of nitrogens with two attached hydrogens (primary N) is 1. The fourth-order valence-electron chi connectivity index (χ4n) is 3.02. The Hall–Kier alpha value is -0.280. The molecule has 0 aromatic heterocycles. The first-order valence-electron chi connectivity index (χ1n) is 6.93. The minimum absolute atomic E-state index is 0.223. The number of ether oxygens (including phenoxy) is 1. The molecule has 1 aliphatic rings. The molecule has 1 fully saturated rings. The molecule has 0 aliphatic heterocycles. The van der Waals surface area contributed by atoms with E-state index in [1.54, 1.807) is 6.07 Å². The minimum atomic E-state index is -0.290. The third-order valence-corrected chi connectivity index (χ3v) is 4.57. The summed E-state index contributed by atoms with van der Waals surface area (Å²) in [7, 11) is 0. The average Bonchev–Trinajstić information content (AvgIpc) is 2.42. The van der Waals surface area contributed by atoms with Gasteiger partial charge < -0.3 is 10.5 Å². The van der Waals surface area contributed by atoms with E-state index in [-0.39, 0.29) is 11.6 Å². The van der Waals surface area contributed by atoms with E-state index < -0.39 is 0 Å². The largest absolute Gasteiger partial charge is 0.373 e. The molecule has 19 heavy (non-hydrogen) atoms. The monoisotopic (exact) mass is 301 g/mol. The summed E-state index contributed by atoms with van der Waals surface area (Å²) in [4.78, 5) is 0. The van der Waals surface area contributed by atoms with Crippen LogP contribution in [-0.4, -0.2) is 12.2 Å². The highest BCUT2D eigenvalue weighted by molar-refractivity contribution is 6.33. The van der Waals surface area contributed by atoms with Gasteiger partial charge in [0.2, 0.25) is 0 Å². The topological polar surface area (TPSA) is 35.2 Å². The van der Waals surface area contributed by atoms with E-state index in [1.165, 1.54) is 6.42 Å². The summed E-state index contributed by atoms with van der Waals surface area (Å²) in [6.07, 6.45) is 5.55. The van der Waals surface area contributed by atoms with Gasteiger partial charge in [0.1, 0.15) is 0 Å². The molecular weight excluding hydrogens is 281 g/mol. The van der Waals surface area contributed by atoms with Crippen LogP contribution in [0.25, 0.3) is 0 Å². The molecule has 1 aromatic carbocycles. The van der Waals surface area contributed by atoms with Crippen molar-refractivity contribution in [1.29, 1.82) is 0 Å². The SMILES string of the molecule is CCOC1(C(N)c2cc(Cl)ccc2Cl)CCCCC1. The first-order chi connectivity index (χ1) is 9.09. The van der Waals surface area contributed by atoms with Gasteiger partial charge in [-0.3, -0.25) is 0 Å². The summed E-state index contributed by atoms with van der Waals surface area (Å²) < 4.78 is 6.05. The van der Waals surface area contributed by atoms with E-state index in [1.807, 2.05) is 19.1 Å². The molecule has 4 heteroatoms. The highest BCUT2D eigenvalue weighted by atomic mass is 35.5. The summed E-state index contributed by atoms with van der Waals surface area (Å²) in [5.74, 6) is 0. The van der Waals surface area contributed by atoms with Crippen molar-refractivity contribution in [2.45, 2.75) is 50.7 Å². The molecule has 106 valence electrons. The lowest BCUT2D eigenvalue weighted by molar-refractivity contribution is -0.0830. The summed E-state index contributed by atoms with van der Waals surface area (Å²) in [5.41, 5.74) is 7.10. The molecule has 0 spiro atoms. The van der Waals surface area contributed by atoms with Gasteiger partial charge in [0.25, 0.3) is 0 Å². The summed E-state index contributed by atoms with van der Waals surface area (Å²) >= 11 is 12.3. The zero-order valence-electron chi connectivity index (χ0n) is 11.3. The number of benzene rings is 1. The molecule has 2 rings (SSSR count). The Balaban J connectivity index is 2.32. The lowest BCUT2D eigenvalue weighted by Gasteiger charge is -2.42. The second kappa shape index (κ2) is 6.45.